The van der Waals surface area contributed by atoms with Crippen molar-refractivity contribution >= 4 is 28.5 Å². The molecule has 0 aromatic heterocycles. The van der Waals surface area contributed by atoms with Crippen molar-refractivity contribution in [2.24, 2.45) is 0 Å². The Hall–Kier alpha value is -2.59. The Balaban J connectivity index is 0.00000169. The number of rotatable bonds is 3. The highest BCUT2D eigenvalue weighted by atomic mass is 79.9. The minimum absolute atomic E-state index is 0. The van der Waals surface area contributed by atoms with Gasteiger partial charge in [0, 0.05) is 17.3 Å². The van der Waals surface area contributed by atoms with Crippen molar-refractivity contribution in [3.8, 4) is 11.5 Å². The molecule has 3 aromatic rings. The smallest absolute Gasteiger partial charge is 0.133 e. The number of halogens is 1. The first-order chi connectivity index (χ1) is 11.3. The molecular weight excluding hydrogens is 364 g/mol. The molecule has 0 fully saturated rings. The lowest BCUT2D eigenvalue weighted by atomic mass is 10.1. The van der Waals surface area contributed by atoms with Gasteiger partial charge in [0.25, 0.3) is 0 Å². The van der Waals surface area contributed by atoms with Gasteiger partial charge in [-0.05, 0) is 29.8 Å². The Bertz CT molecular complexity index is 864. The molecule has 0 atom stereocenters. The number of anilines is 1. The molecule has 3 aromatic carbocycles. The molecule has 4 heteroatoms. The summed E-state index contributed by atoms with van der Waals surface area (Å²) >= 11 is 0. The maximum Gasteiger partial charge on any atom is 0.133 e. The van der Waals surface area contributed by atoms with E-state index in [1.165, 1.54) is 5.56 Å². The molecule has 0 aliphatic carbocycles. The quantitative estimate of drug-likeness (QED) is 0.659. The van der Waals surface area contributed by atoms with Crippen LogP contribution in [0.15, 0.2) is 78.9 Å². The summed E-state index contributed by atoms with van der Waals surface area (Å²) in [6, 6.07) is 25.7. The van der Waals surface area contributed by atoms with Crippen LogP contribution in [0.3, 0.4) is 0 Å². The predicted octanol–water partition coefficient (Wildman–Crippen LogP) is 5.40. The van der Waals surface area contributed by atoms with Crippen LogP contribution < -0.4 is 9.64 Å². The average molecular weight is 381 g/mol. The summed E-state index contributed by atoms with van der Waals surface area (Å²) in [6.45, 7) is 0.726. The number of amidine groups is 1. The van der Waals surface area contributed by atoms with Gasteiger partial charge in [-0.15, -0.1) is 17.0 Å². The zero-order valence-corrected chi connectivity index (χ0v) is 14.7. The van der Waals surface area contributed by atoms with Gasteiger partial charge in [-0.3, -0.25) is 5.41 Å². The van der Waals surface area contributed by atoms with Crippen LogP contribution >= 0.6 is 17.0 Å². The SMILES string of the molecule is Br.N=C1c2ccccc2CN1c1cccc(Oc2ccccc2)c1. The van der Waals surface area contributed by atoms with E-state index in [4.69, 9.17) is 10.1 Å². The third-order valence-corrected chi connectivity index (χ3v) is 3.98. The van der Waals surface area contributed by atoms with E-state index in [0.29, 0.717) is 5.84 Å². The van der Waals surface area contributed by atoms with E-state index in [1.54, 1.807) is 0 Å². The van der Waals surface area contributed by atoms with Crippen LogP contribution in [0.25, 0.3) is 0 Å². The van der Waals surface area contributed by atoms with Crippen LogP contribution in [0.5, 0.6) is 11.5 Å². The van der Waals surface area contributed by atoms with E-state index in [9.17, 15) is 0 Å². The molecule has 1 heterocycles. The molecule has 0 saturated carbocycles. The first-order valence-corrected chi connectivity index (χ1v) is 7.58. The molecule has 0 bridgehead atoms. The lowest BCUT2D eigenvalue weighted by molar-refractivity contribution is 0.483. The molecule has 0 saturated heterocycles. The molecule has 1 aliphatic rings. The van der Waals surface area contributed by atoms with Gasteiger partial charge in [-0.2, -0.15) is 0 Å². The van der Waals surface area contributed by atoms with Crippen LogP contribution in [0.2, 0.25) is 0 Å². The van der Waals surface area contributed by atoms with Gasteiger partial charge in [-0.1, -0.05) is 48.5 Å². The molecule has 1 N–H and O–H groups in total. The molecule has 0 unspecified atom stereocenters. The fraction of sp³-hybridized carbons (Fsp3) is 0.0500. The van der Waals surface area contributed by atoms with Crippen LogP contribution in [-0.4, -0.2) is 5.84 Å². The van der Waals surface area contributed by atoms with Gasteiger partial charge in [0.1, 0.15) is 17.3 Å². The summed E-state index contributed by atoms with van der Waals surface area (Å²) in [4.78, 5) is 2.00. The highest BCUT2D eigenvalue weighted by molar-refractivity contribution is 8.93. The number of para-hydroxylation sites is 1. The Morgan fingerprint density at radius 3 is 2.29 bits per heavy atom. The summed E-state index contributed by atoms with van der Waals surface area (Å²) in [5.74, 6) is 2.12. The van der Waals surface area contributed by atoms with E-state index in [2.05, 4.69) is 6.07 Å². The average Bonchev–Trinajstić information content (AvgIpc) is 2.93. The van der Waals surface area contributed by atoms with Crippen molar-refractivity contribution in [3.63, 3.8) is 0 Å². The maximum absolute atomic E-state index is 8.40. The minimum atomic E-state index is 0. The normalized spacial score (nSPS) is 12.5. The van der Waals surface area contributed by atoms with Crippen LogP contribution in [0.1, 0.15) is 11.1 Å². The highest BCUT2D eigenvalue weighted by Gasteiger charge is 2.24. The molecule has 4 rings (SSSR count). The van der Waals surface area contributed by atoms with Gasteiger partial charge >= 0.3 is 0 Å². The second-order valence-electron chi connectivity index (χ2n) is 5.50. The number of nitrogens with one attached hydrogen (secondary N) is 1. The minimum Gasteiger partial charge on any atom is -0.457 e. The third kappa shape index (κ3) is 3.05. The van der Waals surface area contributed by atoms with E-state index in [-0.39, 0.29) is 17.0 Å². The van der Waals surface area contributed by atoms with Gasteiger partial charge in [0.2, 0.25) is 0 Å². The van der Waals surface area contributed by atoms with Crippen LogP contribution in [0, 0.1) is 5.41 Å². The lowest BCUT2D eigenvalue weighted by Crippen LogP contribution is -2.22. The molecule has 0 amide bonds. The number of nitrogens with zero attached hydrogens (tertiary/aromatic N) is 1. The topological polar surface area (TPSA) is 36.3 Å². The zero-order valence-electron chi connectivity index (χ0n) is 13.0. The van der Waals surface area contributed by atoms with Gasteiger partial charge in [0.05, 0.1) is 6.54 Å². The summed E-state index contributed by atoms with van der Waals surface area (Å²) in [5, 5.41) is 8.40. The standard InChI is InChI=1S/C20H16N2O.BrH/c21-20-19-12-5-4-7-15(19)14-22(20)16-8-6-11-18(13-16)23-17-9-2-1-3-10-17;/h1-13,21H,14H2;1H. The fourth-order valence-corrected chi connectivity index (χ4v) is 2.84. The number of ether oxygens (including phenoxy) is 1. The number of hydrogen-bond donors (Lipinski definition) is 1. The van der Waals surface area contributed by atoms with Crippen molar-refractivity contribution in [2.75, 3.05) is 4.90 Å². The van der Waals surface area contributed by atoms with Crippen molar-refractivity contribution in [1.29, 1.82) is 5.41 Å². The summed E-state index contributed by atoms with van der Waals surface area (Å²) in [6.07, 6.45) is 0. The Morgan fingerprint density at radius 1 is 0.792 bits per heavy atom. The second kappa shape index (κ2) is 6.89. The molecular formula is C20H17BrN2O. The van der Waals surface area contributed by atoms with Crippen molar-refractivity contribution in [3.05, 3.63) is 90.0 Å². The molecule has 0 radical (unpaired) electrons. The van der Waals surface area contributed by atoms with Crippen LogP contribution in [0.4, 0.5) is 5.69 Å². The Kier molecular flexibility index (Phi) is 4.67. The predicted molar refractivity (Wildman–Crippen MR) is 103 cm³/mol. The monoisotopic (exact) mass is 380 g/mol. The molecule has 1 aliphatic heterocycles. The first-order valence-electron chi connectivity index (χ1n) is 7.58. The summed E-state index contributed by atoms with van der Waals surface area (Å²) in [7, 11) is 0. The summed E-state index contributed by atoms with van der Waals surface area (Å²) < 4.78 is 5.89. The zero-order chi connectivity index (χ0) is 15.6. The third-order valence-electron chi connectivity index (χ3n) is 3.98. The molecule has 0 spiro atoms. The molecule has 24 heavy (non-hydrogen) atoms. The van der Waals surface area contributed by atoms with Gasteiger partial charge in [0.15, 0.2) is 0 Å². The van der Waals surface area contributed by atoms with Crippen LogP contribution in [-0.2, 0) is 6.54 Å². The number of fused-ring (bicyclic) bond motifs is 1. The lowest BCUT2D eigenvalue weighted by Gasteiger charge is -2.19. The molecule has 120 valence electrons. The first kappa shape index (κ1) is 16.3. The molecule has 3 nitrogen and oxygen atoms in total. The van der Waals surface area contributed by atoms with E-state index in [0.717, 1.165) is 29.3 Å². The largest absolute Gasteiger partial charge is 0.457 e. The second-order valence-corrected chi connectivity index (χ2v) is 5.50. The van der Waals surface area contributed by atoms with E-state index >= 15 is 0 Å². The van der Waals surface area contributed by atoms with Crippen molar-refractivity contribution in [2.45, 2.75) is 6.54 Å². The van der Waals surface area contributed by atoms with E-state index in [1.807, 2.05) is 77.7 Å². The number of benzene rings is 3. The van der Waals surface area contributed by atoms with Gasteiger partial charge in [-0.25, -0.2) is 0 Å². The van der Waals surface area contributed by atoms with Crippen molar-refractivity contribution in [1.82, 2.24) is 0 Å². The van der Waals surface area contributed by atoms with Crippen molar-refractivity contribution < 1.29 is 4.74 Å². The van der Waals surface area contributed by atoms with Gasteiger partial charge < -0.3 is 9.64 Å². The fourth-order valence-electron chi connectivity index (χ4n) is 2.84. The Morgan fingerprint density at radius 2 is 1.50 bits per heavy atom. The highest BCUT2D eigenvalue weighted by Crippen LogP contribution is 2.31. The number of hydrogen-bond acceptors (Lipinski definition) is 2. The summed E-state index contributed by atoms with van der Waals surface area (Å²) in [5.41, 5.74) is 3.16. The Labute approximate surface area is 151 Å². The van der Waals surface area contributed by atoms with E-state index < -0.39 is 0 Å². The maximum atomic E-state index is 8.40.